The van der Waals surface area contributed by atoms with Gasteiger partial charge < -0.3 is 10.0 Å². The maximum absolute atomic E-state index is 11.3. The van der Waals surface area contributed by atoms with Crippen molar-refractivity contribution in [3.05, 3.63) is 35.9 Å². The van der Waals surface area contributed by atoms with Crippen molar-refractivity contribution in [1.29, 1.82) is 0 Å². The lowest BCUT2D eigenvalue weighted by Crippen LogP contribution is -2.21. The van der Waals surface area contributed by atoms with E-state index in [0.29, 0.717) is 0 Å². The molecule has 0 bridgehead atoms. The molecule has 17 heavy (non-hydrogen) atoms. The molecule has 0 atom stereocenters. The molecule has 1 aromatic carbocycles. The topological polar surface area (TPSA) is 40.5 Å². The quantitative estimate of drug-likeness (QED) is 0.821. The van der Waals surface area contributed by atoms with E-state index in [-0.39, 0.29) is 5.91 Å². The van der Waals surface area contributed by atoms with Crippen LogP contribution in [0.2, 0.25) is 0 Å². The predicted molar refractivity (Wildman–Crippen MR) is 75.3 cm³/mol. The Labute approximate surface area is 106 Å². The van der Waals surface area contributed by atoms with Gasteiger partial charge in [-0.2, -0.15) is 0 Å². The zero-order valence-electron chi connectivity index (χ0n) is 12.2. The molecule has 0 saturated carbocycles. The molecule has 0 spiro atoms. The number of hydrogen-bond acceptors (Lipinski definition) is 2. The van der Waals surface area contributed by atoms with Crippen molar-refractivity contribution in [2.45, 2.75) is 27.7 Å². The lowest BCUT2D eigenvalue weighted by atomic mass is 10.2. The van der Waals surface area contributed by atoms with Crippen LogP contribution in [0.3, 0.4) is 0 Å². The molecule has 100 valence electrons. The second kappa shape index (κ2) is 17.1. The molecule has 0 aliphatic heterocycles. The Balaban J connectivity index is -0.000000285. The zero-order valence-corrected chi connectivity index (χ0v) is 12.2. The van der Waals surface area contributed by atoms with E-state index in [1.165, 1.54) is 0 Å². The van der Waals surface area contributed by atoms with Crippen LogP contribution in [-0.2, 0) is 0 Å². The number of aliphatic hydroxyl groups excluding tert-OH is 1. The Morgan fingerprint density at radius 3 is 1.59 bits per heavy atom. The minimum Gasteiger partial charge on any atom is -0.400 e. The van der Waals surface area contributed by atoms with Gasteiger partial charge in [0.1, 0.15) is 0 Å². The van der Waals surface area contributed by atoms with Crippen LogP contribution >= 0.6 is 0 Å². The molecule has 0 saturated heterocycles. The first-order chi connectivity index (χ1) is 8.22. The summed E-state index contributed by atoms with van der Waals surface area (Å²) in [6.45, 7) is 8.00. The van der Waals surface area contributed by atoms with Crippen LogP contribution < -0.4 is 0 Å². The Morgan fingerprint density at radius 2 is 1.29 bits per heavy atom. The lowest BCUT2D eigenvalue weighted by molar-refractivity contribution is 0.0827. The fourth-order valence-electron chi connectivity index (χ4n) is 0.839. The van der Waals surface area contributed by atoms with Gasteiger partial charge in [0.25, 0.3) is 5.91 Å². The van der Waals surface area contributed by atoms with Gasteiger partial charge >= 0.3 is 0 Å². The molecule has 0 fully saturated rings. The van der Waals surface area contributed by atoms with E-state index in [2.05, 4.69) is 0 Å². The van der Waals surface area contributed by atoms with E-state index < -0.39 is 0 Å². The molecule has 0 aliphatic rings. The van der Waals surface area contributed by atoms with E-state index in [4.69, 9.17) is 5.11 Å². The van der Waals surface area contributed by atoms with Crippen LogP contribution in [0.1, 0.15) is 38.1 Å². The van der Waals surface area contributed by atoms with Crippen LogP contribution in [0.25, 0.3) is 0 Å². The Morgan fingerprint density at radius 1 is 0.941 bits per heavy atom. The highest BCUT2D eigenvalue weighted by Gasteiger charge is 2.04. The molecular formula is C14H27NO2. The van der Waals surface area contributed by atoms with Crippen molar-refractivity contribution in [2.75, 3.05) is 21.2 Å². The average molecular weight is 241 g/mol. The van der Waals surface area contributed by atoms with E-state index in [1.54, 1.807) is 19.0 Å². The molecule has 0 unspecified atom stereocenters. The molecule has 1 N–H and O–H groups in total. The normalized spacial score (nSPS) is 7.06. The molecule has 0 heterocycles. The average Bonchev–Trinajstić information content (AvgIpc) is 2.45. The molecule has 1 aromatic rings. The molecule has 1 amide bonds. The molecular weight excluding hydrogens is 214 g/mol. The van der Waals surface area contributed by atoms with Gasteiger partial charge in [-0.15, -0.1) is 0 Å². The maximum atomic E-state index is 11.3. The molecule has 0 radical (unpaired) electrons. The van der Waals surface area contributed by atoms with Gasteiger partial charge in [-0.3, -0.25) is 4.79 Å². The van der Waals surface area contributed by atoms with Gasteiger partial charge in [0.05, 0.1) is 0 Å². The van der Waals surface area contributed by atoms with E-state index in [0.717, 1.165) is 12.7 Å². The number of carbonyl (C=O) groups is 1. The summed E-state index contributed by atoms with van der Waals surface area (Å²) in [4.78, 5) is 12.8. The van der Waals surface area contributed by atoms with Gasteiger partial charge in [-0.25, -0.2) is 0 Å². The van der Waals surface area contributed by atoms with Crippen molar-refractivity contribution in [3.63, 3.8) is 0 Å². The highest BCUT2D eigenvalue weighted by molar-refractivity contribution is 5.93. The van der Waals surface area contributed by atoms with Gasteiger partial charge in [0.15, 0.2) is 0 Å². The number of rotatable bonds is 1. The van der Waals surface area contributed by atoms with Gasteiger partial charge in [0.2, 0.25) is 0 Å². The number of carbonyl (C=O) groups excluding carboxylic acids is 1. The number of benzene rings is 1. The SMILES string of the molecule is CC.CC.CN(C)C(=O)c1ccccc1.CO. The third kappa shape index (κ3) is 10.9. The third-order valence-electron chi connectivity index (χ3n) is 1.43. The van der Waals surface area contributed by atoms with Crippen molar-refractivity contribution >= 4 is 5.91 Å². The summed E-state index contributed by atoms with van der Waals surface area (Å²) in [5.74, 6) is 0.0469. The van der Waals surface area contributed by atoms with Crippen LogP contribution in [0.15, 0.2) is 30.3 Å². The lowest BCUT2D eigenvalue weighted by Gasteiger charge is -2.08. The van der Waals surface area contributed by atoms with Crippen molar-refractivity contribution in [1.82, 2.24) is 4.90 Å². The first-order valence-electron chi connectivity index (χ1n) is 5.93. The van der Waals surface area contributed by atoms with Gasteiger partial charge in [-0.05, 0) is 12.1 Å². The smallest absolute Gasteiger partial charge is 0.253 e. The minimum atomic E-state index is 0.0469. The van der Waals surface area contributed by atoms with Crippen LogP contribution in [0.5, 0.6) is 0 Å². The molecule has 3 nitrogen and oxygen atoms in total. The summed E-state index contributed by atoms with van der Waals surface area (Å²) in [6, 6.07) is 9.23. The van der Waals surface area contributed by atoms with Crippen molar-refractivity contribution < 1.29 is 9.90 Å². The molecule has 1 rings (SSSR count). The van der Waals surface area contributed by atoms with Crippen LogP contribution in [0, 0.1) is 0 Å². The Hall–Kier alpha value is -1.35. The number of hydrogen-bond donors (Lipinski definition) is 1. The molecule has 0 aromatic heterocycles. The van der Waals surface area contributed by atoms with Crippen LogP contribution in [0.4, 0.5) is 0 Å². The third-order valence-corrected chi connectivity index (χ3v) is 1.43. The fourth-order valence-corrected chi connectivity index (χ4v) is 0.839. The summed E-state index contributed by atoms with van der Waals surface area (Å²) in [7, 11) is 4.49. The highest BCUT2D eigenvalue weighted by Crippen LogP contribution is 2.00. The van der Waals surface area contributed by atoms with Crippen molar-refractivity contribution in [2.24, 2.45) is 0 Å². The summed E-state index contributed by atoms with van der Waals surface area (Å²) in [5.41, 5.74) is 0.734. The van der Waals surface area contributed by atoms with Crippen molar-refractivity contribution in [3.8, 4) is 0 Å². The largest absolute Gasteiger partial charge is 0.400 e. The monoisotopic (exact) mass is 241 g/mol. The summed E-state index contributed by atoms with van der Waals surface area (Å²) in [6.07, 6.45) is 0. The maximum Gasteiger partial charge on any atom is 0.253 e. The molecule has 0 aliphatic carbocycles. The Kier molecular flexibility index (Phi) is 21.1. The zero-order chi connectivity index (χ0) is 14.3. The first-order valence-corrected chi connectivity index (χ1v) is 5.93. The summed E-state index contributed by atoms with van der Waals surface area (Å²) < 4.78 is 0. The minimum absolute atomic E-state index is 0.0469. The fraction of sp³-hybridized carbons (Fsp3) is 0.500. The van der Waals surface area contributed by atoms with E-state index in [1.807, 2.05) is 58.0 Å². The summed E-state index contributed by atoms with van der Waals surface area (Å²) >= 11 is 0. The van der Waals surface area contributed by atoms with E-state index >= 15 is 0 Å². The predicted octanol–water partition coefficient (Wildman–Crippen LogP) is 3.05. The second-order valence-corrected chi connectivity index (χ2v) is 2.57. The highest BCUT2D eigenvalue weighted by atomic mass is 16.2. The standard InChI is InChI=1S/C9H11NO.2C2H6.CH4O/c1-10(2)9(11)8-6-4-3-5-7-8;3*1-2/h3-7H,1-2H3;2*1-2H3;2H,1H3. The Bertz CT molecular complexity index is 246. The second-order valence-electron chi connectivity index (χ2n) is 2.57. The van der Waals surface area contributed by atoms with E-state index in [9.17, 15) is 4.79 Å². The number of nitrogens with zero attached hydrogens (tertiary/aromatic N) is 1. The van der Waals surface area contributed by atoms with Gasteiger partial charge in [0, 0.05) is 26.8 Å². The number of aliphatic hydroxyl groups is 1. The first kappa shape index (κ1) is 21.0. The number of amides is 1. The molecule has 3 heteroatoms. The summed E-state index contributed by atoms with van der Waals surface area (Å²) in [5, 5.41) is 7.00. The van der Waals surface area contributed by atoms with Crippen LogP contribution in [-0.4, -0.2) is 37.1 Å². The van der Waals surface area contributed by atoms with Gasteiger partial charge in [-0.1, -0.05) is 45.9 Å².